The minimum atomic E-state index is 0.754. The molecule has 0 fully saturated rings. The number of anilines is 1. The van der Waals surface area contributed by atoms with E-state index in [1.165, 1.54) is 5.69 Å². The highest BCUT2D eigenvalue weighted by molar-refractivity contribution is 5.86. The van der Waals surface area contributed by atoms with Gasteiger partial charge in [-0.05, 0) is 31.2 Å². The van der Waals surface area contributed by atoms with E-state index in [0.717, 1.165) is 24.6 Å². The van der Waals surface area contributed by atoms with Crippen molar-refractivity contribution in [3.8, 4) is 0 Å². The van der Waals surface area contributed by atoms with E-state index in [9.17, 15) is 0 Å². The first-order valence-corrected chi connectivity index (χ1v) is 6.04. The average Bonchev–Trinajstić information content (AvgIpc) is 2.92. The number of aliphatic imine (C=N–C) groups is 1. The summed E-state index contributed by atoms with van der Waals surface area (Å²) in [5.41, 5.74) is 2.28. The fourth-order valence-electron chi connectivity index (χ4n) is 1.81. The van der Waals surface area contributed by atoms with Crippen molar-refractivity contribution in [3.63, 3.8) is 0 Å². The van der Waals surface area contributed by atoms with Gasteiger partial charge in [-0.2, -0.15) is 0 Å². The number of para-hydroxylation sites is 1. The van der Waals surface area contributed by atoms with Crippen molar-refractivity contribution in [3.05, 3.63) is 54.5 Å². The maximum absolute atomic E-state index is 5.42. The van der Waals surface area contributed by atoms with Crippen LogP contribution in [0.5, 0.6) is 0 Å². The molecule has 0 bridgehead atoms. The largest absolute Gasteiger partial charge is 0.467 e. The standard InChI is InChI=1S/C15H18N2O/c1-13(16-2)11-17(12-15-9-6-10-18-15)14-7-4-3-5-8-14/h3-10H,11-12H2,1-2H3/b16-13+. The number of hydrogen-bond acceptors (Lipinski definition) is 3. The summed E-state index contributed by atoms with van der Waals surface area (Å²) in [6.07, 6.45) is 1.71. The van der Waals surface area contributed by atoms with Gasteiger partial charge in [0.1, 0.15) is 5.76 Å². The van der Waals surface area contributed by atoms with Crippen molar-refractivity contribution in [1.82, 2.24) is 0 Å². The zero-order valence-corrected chi connectivity index (χ0v) is 10.8. The van der Waals surface area contributed by atoms with Crippen molar-refractivity contribution < 1.29 is 4.42 Å². The van der Waals surface area contributed by atoms with Crippen LogP contribution in [0.2, 0.25) is 0 Å². The lowest BCUT2D eigenvalue weighted by Crippen LogP contribution is -2.28. The van der Waals surface area contributed by atoms with Crippen LogP contribution in [0.3, 0.4) is 0 Å². The summed E-state index contributed by atoms with van der Waals surface area (Å²) in [5.74, 6) is 0.961. The maximum atomic E-state index is 5.42. The lowest BCUT2D eigenvalue weighted by Gasteiger charge is -2.23. The van der Waals surface area contributed by atoms with Crippen LogP contribution in [0.1, 0.15) is 12.7 Å². The first-order valence-electron chi connectivity index (χ1n) is 6.04. The van der Waals surface area contributed by atoms with Gasteiger partial charge in [-0.3, -0.25) is 4.99 Å². The van der Waals surface area contributed by atoms with Gasteiger partial charge in [-0.25, -0.2) is 0 Å². The summed E-state index contributed by atoms with van der Waals surface area (Å²) >= 11 is 0. The van der Waals surface area contributed by atoms with Gasteiger partial charge in [0.25, 0.3) is 0 Å². The summed E-state index contributed by atoms with van der Waals surface area (Å²) in [6.45, 7) is 3.60. The van der Waals surface area contributed by atoms with Gasteiger partial charge in [0.15, 0.2) is 0 Å². The van der Waals surface area contributed by atoms with Crippen molar-refractivity contribution in [1.29, 1.82) is 0 Å². The molecule has 1 aromatic carbocycles. The normalized spacial score (nSPS) is 11.6. The van der Waals surface area contributed by atoms with Crippen LogP contribution in [0.15, 0.2) is 58.1 Å². The highest BCUT2D eigenvalue weighted by atomic mass is 16.3. The molecule has 0 N–H and O–H groups in total. The number of furan rings is 1. The molecule has 0 aliphatic carbocycles. The Bertz CT molecular complexity index is 488. The smallest absolute Gasteiger partial charge is 0.123 e. The molecule has 18 heavy (non-hydrogen) atoms. The third-order valence-corrected chi connectivity index (χ3v) is 2.85. The number of rotatable bonds is 5. The van der Waals surface area contributed by atoms with E-state index in [4.69, 9.17) is 4.42 Å². The molecule has 3 heteroatoms. The van der Waals surface area contributed by atoms with Gasteiger partial charge in [0, 0.05) is 18.4 Å². The first-order chi connectivity index (χ1) is 8.79. The second-order valence-electron chi connectivity index (χ2n) is 4.23. The molecule has 3 nitrogen and oxygen atoms in total. The molecular weight excluding hydrogens is 224 g/mol. The fourth-order valence-corrected chi connectivity index (χ4v) is 1.81. The van der Waals surface area contributed by atoms with E-state index >= 15 is 0 Å². The van der Waals surface area contributed by atoms with Crippen LogP contribution in [0, 0.1) is 0 Å². The molecule has 0 amide bonds. The van der Waals surface area contributed by atoms with Gasteiger partial charge in [-0.1, -0.05) is 18.2 Å². The Morgan fingerprint density at radius 1 is 1.17 bits per heavy atom. The molecule has 0 saturated heterocycles. The average molecular weight is 242 g/mol. The van der Waals surface area contributed by atoms with E-state index in [1.54, 1.807) is 6.26 Å². The van der Waals surface area contributed by atoms with Crippen LogP contribution in [0.4, 0.5) is 5.69 Å². The minimum absolute atomic E-state index is 0.754. The highest BCUT2D eigenvalue weighted by Gasteiger charge is 2.09. The van der Waals surface area contributed by atoms with Gasteiger partial charge in [-0.15, -0.1) is 0 Å². The van der Waals surface area contributed by atoms with Crippen molar-refractivity contribution >= 4 is 11.4 Å². The Labute approximate surface area is 108 Å². The summed E-state index contributed by atoms with van der Waals surface area (Å²) in [5, 5.41) is 0. The fraction of sp³-hybridized carbons (Fsp3) is 0.267. The Kier molecular flexibility index (Phi) is 4.18. The van der Waals surface area contributed by atoms with Crippen molar-refractivity contribution in [2.24, 2.45) is 4.99 Å². The molecule has 94 valence electrons. The molecule has 0 radical (unpaired) electrons. The molecule has 2 rings (SSSR count). The second-order valence-corrected chi connectivity index (χ2v) is 4.23. The molecule has 1 aromatic heterocycles. The lowest BCUT2D eigenvalue weighted by atomic mass is 10.2. The molecule has 1 heterocycles. The summed E-state index contributed by atoms with van der Waals surface area (Å²) < 4.78 is 5.42. The highest BCUT2D eigenvalue weighted by Crippen LogP contribution is 2.16. The zero-order valence-electron chi connectivity index (χ0n) is 10.8. The van der Waals surface area contributed by atoms with Crippen LogP contribution < -0.4 is 4.90 Å². The van der Waals surface area contributed by atoms with Crippen LogP contribution in [-0.2, 0) is 6.54 Å². The molecule has 0 spiro atoms. The topological polar surface area (TPSA) is 28.7 Å². The second kappa shape index (κ2) is 6.05. The Hall–Kier alpha value is -2.03. The number of benzene rings is 1. The van der Waals surface area contributed by atoms with E-state index < -0.39 is 0 Å². The maximum Gasteiger partial charge on any atom is 0.123 e. The zero-order chi connectivity index (χ0) is 12.8. The van der Waals surface area contributed by atoms with E-state index in [1.807, 2.05) is 44.3 Å². The van der Waals surface area contributed by atoms with Gasteiger partial charge in [0.05, 0.1) is 19.4 Å². The molecule has 0 saturated carbocycles. The summed E-state index contributed by atoms with van der Waals surface area (Å²) in [7, 11) is 1.82. The minimum Gasteiger partial charge on any atom is -0.467 e. The van der Waals surface area contributed by atoms with Crippen LogP contribution >= 0.6 is 0 Å². The molecule has 0 atom stereocenters. The van der Waals surface area contributed by atoms with Crippen molar-refractivity contribution in [2.75, 3.05) is 18.5 Å². The predicted octanol–water partition coefficient (Wildman–Crippen LogP) is 3.38. The lowest BCUT2D eigenvalue weighted by molar-refractivity contribution is 0.506. The van der Waals surface area contributed by atoms with E-state index in [-0.39, 0.29) is 0 Å². The quantitative estimate of drug-likeness (QED) is 0.752. The third-order valence-electron chi connectivity index (χ3n) is 2.85. The van der Waals surface area contributed by atoms with E-state index in [0.29, 0.717) is 0 Å². The van der Waals surface area contributed by atoms with Crippen LogP contribution in [-0.4, -0.2) is 19.3 Å². The monoisotopic (exact) mass is 242 g/mol. The predicted molar refractivity (Wildman–Crippen MR) is 75.2 cm³/mol. The summed E-state index contributed by atoms with van der Waals surface area (Å²) in [6, 6.07) is 14.2. The Morgan fingerprint density at radius 3 is 2.56 bits per heavy atom. The Morgan fingerprint density at radius 2 is 1.94 bits per heavy atom. The van der Waals surface area contributed by atoms with Gasteiger partial charge in [0.2, 0.25) is 0 Å². The third kappa shape index (κ3) is 3.23. The first kappa shape index (κ1) is 12.4. The number of hydrogen-bond donors (Lipinski definition) is 0. The van der Waals surface area contributed by atoms with Crippen LogP contribution in [0.25, 0.3) is 0 Å². The molecule has 2 aromatic rings. The van der Waals surface area contributed by atoms with Crippen molar-refractivity contribution in [2.45, 2.75) is 13.5 Å². The Balaban J connectivity index is 2.18. The molecule has 0 unspecified atom stereocenters. The van der Waals surface area contributed by atoms with E-state index in [2.05, 4.69) is 22.0 Å². The summed E-state index contributed by atoms with van der Waals surface area (Å²) in [4.78, 5) is 6.48. The molecule has 0 aliphatic heterocycles. The molecule has 0 aliphatic rings. The number of nitrogens with zero attached hydrogens (tertiary/aromatic N) is 2. The SMILES string of the molecule is C/N=C(\C)CN(Cc1ccco1)c1ccccc1. The molecular formula is C15H18N2O. The van der Waals surface area contributed by atoms with Gasteiger partial charge >= 0.3 is 0 Å². The van der Waals surface area contributed by atoms with Gasteiger partial charge < -0.3 is 9.32 Å².